The minimum absolute atomic E-state index is 0.250. The number of hydrogen-bond acceptors (Lipinski definition) is 4. The zero-order valence-corrected chi connectivity index (χ0v) is 13.8. The molecule has 5 N–H and O–H groups in total. The predicted molar refractivity (Wildman–Crippen MR) is 92.6 cm³/mol. The average molecular weight is 343 g/mol. The van der Waals surface area contributed by atoms with Gasteiger partial charge in [-0.2, -0.15) is 0 Å². The number of carbonyl (C=O) groups excluding carboxylic acids is 2. The van der Waals surface area contributed by atoms with Crippen molar-refractivity contribution in [3.8, 4) is 11.1 Å². The van der Waals surface area contributed by atoms with Gasteiger partial charge in [-0.25, -0.2) is 10.3 Å². The van der Waals surface area contributed by atoms with Crippen molar-refractivity contribution in [1.29, 1.82) is 0 Å². The largest absolute Gasteiger partial charge is 0.391 e. The van der Waals surface area contributed by atoms with E-state index in [2.05, 4.69) is 10.6 Å². The Kier molecular flexibility index (Phi) is 6.50. The Morgan fingerprint density at radius 2 is 1.72 bits per heavy atom. The van der Waals surface area contributed by atoms with Crippen LogP contribution in [-0.4, -0.2) is 34.4 Å². The molecule has 0 aliphatic heterocycles. The SMILES string of the molecule is C[C@@H](O)[C@H](NC(=O)NCc1cccc(-c2ccccc2)c1)C(=O)NO. The number of amides is 3. The van der Waals surface area contributed by atoms with Gasteiger partial charge in [-0.1, -0.05) is 48.5 Å². The van der Waals surface area contributed by atoms with E-state index in [1.165, 1.54) is 12.4 Å². The molecule has 0 bridgehead atoms. The Hall–Kier alpha value is -2.90. The van der Waals surface area contributed by atoms with E-state index in [-0.39, 0.29) is 6.54 Å². The molecule has 0 aliphatic rings. The van der Waals surface area contributed by atoms with Crippen molar-refractivity contribution in [3.63, 3.8) is 0 Å². The summed E-state index contributed by atoms with van der Waals surface area (Å²) in [6, 6.07) is 15.7. The highest BCUT2D eigenvalue weighted by atomic mass is 16.5. The van der Waals surface area contributed by atoms with Gasteiger partial charge in [-0.3, -0.25) is 10.0 Å². The molecule has 25 heavy (non-hydrogen) atoms. The van der Waals surface area contributed by atoms with E-state index >= 15 is 0 Å². The van der Waals surface area contributed by atoms with Crippen LogP contribution in [0.25, 0.3) is 11.1 Å². The van der Waals surface area contributed by atoms with Gasteiger partial charge < -0.3 is 15.7 Å². The maximum absolute atomic E-state index is 11.9. The maximum Gasteiger partial charge on any atom is 0.315 e. The van der Waals surface area contributed by atoms with Crippen LogP contribution in [0.15, 0.2) is 54.6 Å². The smallest absolute Gasteiger partial charge is 0.315 e. The minimum atomic E-state index is -1.25. The topological polar surface area (TPSA) is 111 Å². The molecule has 0 unspecified atom stereocenters. The lowest BCUT2D eigenvalue weighted by Crippen LogP contribution is -2.54. The van der Waals surface area contributed by atoms with Gasteiger partial charge in [0, 0.05) is 6.54 Å². The van der Waals surface area contributed by atoms with Crippen LogP contribution in [-0.2, 0) is 11.3 Å². The van der Waals surface area contributed by atoms with Crippen LogP contribution in [0.3, 0.4) is 0 Å². The van der Waals surface area contributed by atoms with Gasteiger partial charge in [-0.15, -0.1) is 0 Å². The number of benzene rings is 2. The van der Waals surface area contributed by atoms with Gasteiger partial charge in [0.2, 0.25) is 0 Å². The zero-order chi connectivity index (χ0) is 18.2. The predicted octanol–water partition coefficient (Wildman–Crippen LogP) is 1.41. The van der Waals surface area contributed by atoms with Crippen molar-refractivity contribution >= 4 is 11.9 Å². The van der Waals surface area contributed by atoms with Crippen molar-refractivity contribution in [2.45, 2.75) is 25.6 Å². The highest BCUT2D eigenvalue weighted by Gasteiger charge is 2.25. The summed E-state index contributed by atoms with van der Waals surface area (Å²) in [5.74, 6) is -0.892. The molecule has 2 aromatic carbocycles. The van der Waals surface area contributed by atoms with Gasteiger partial charge in [0.1, 0.15) is 6.04 Å². The third-order valence-corrected chi connectivity index (χ3v) is 3.65. The van der Waals surface area contributed by atoms with Crippen molar-refractivity contribution in [2.75, 3.05) is 0 Å². The summed E-state index contributed by atoms with van der Waals surface area (Å²) in [4.78, 5) is 23.3. The third-order valence-electron chi connectivity index (χ3n) is 3.65. The van der Waals surface area contributed by atoms with Gasteiger partial charge >= 0.3 is 6.03 Å². The molecule has 2 rings (SSSR count). The molecule has 2 aromatic rings. The number of nitrogens with one attached hydrogen (secondary N) is 3. The summed E-state index contributed by atoms with van der Waals surface area (Å²) in [6.45, 7) is 1.59. The summed E-state index contributed by atoms with van der Waals surface area (Å²) < 4.78 is 0. The van der Waals surface area contributed by atoms with Crippen LogP contribution in [0.4, 0.5) is 4.79 Å². The Morgan fingerprint density at radius 1 is 1.04 bits per heavy atom. The van der Waals surface area contributed by atoms with Crippen LogP contribution >= 0.6 is 0 Å². The van der Waals surface area contributed by atoms with Crippen LogP contribution in [0.2, 0.25) is 0 Å². The first kappa shape index (κ1) is 18.4. The second kappa shape index (κ2) is 8.81. The first-order valence-corrected chi connectivity index (χ1v) is 7.82. The van der Waals surface area contributed by atoms with E-state index in [0.717, 1.165) is 16.7 Å². The highest BCUT2D eigenvalue weighted by Crippen LogP contribution is 2.19. The van der Waals surface area contributed by atoms with Crippen molar-refractivity contribution < 1.29 is 19.9 Å². The molecule has 0 heterocycles. The lowest BCUT2D eigenvalue weighted by Gasteiger charge is -2.19. The number of aliphatic hydroxyl groups is 1. The molecule has 0 fully saturated rings. The van der Waals surface area contributed by atoms with Gasteiger partial charge in [-0.05, 0) is 29.7 Å². The van der Waals surface area contributed by atoms with Crippen molar-refractivity contribution in [2.24, 2.45) is 0 Å². The van der Waals surface area contributed by atoms with Crippen molar-refractivity contribution in [1.82, 2.24) is 16.1 Å². The standard InChI is InChI=1S/C18H21N3O4/c1-12(22)16(17(23)21-25)20-18(24)19-11-13-6-5-9-15(10-13)14-7-3-2-4-8-14/h2-10,12,16,22,25H,11H2,1H3,(H,21,23)(H2,19,20,24)/t12-,16+/m1/s1. The molecule has 132 valence electrons. The summed E-state index contributed by atoms with van der Waals surface area (Å²) in [6.07, 6.45) is -1.15. The Morgan fingerprint density at radius 3 is 2.36 bits per heavy atom. The molecule has 0 saturated heterocycles. The van der Waals surface area contributed by atoms with E-state index in [4.69, 9.17) is 5.21 Å². The van der Waals surface area contributed by atoms with E-state index in [1.807, 2.05) is 54.6 Å². The summed E-state index contributed by atoms with van der Waals surface area (Å²) in [7, 11) is 0. The fourth-order valence-electron chi connectivity index (χ4n) is 2.34. The van der Waals surface area contributed by atoms with Gasteiger partial charge in [0.05, 0.1) is 6.10 Å². The van der Waals surface area contributed by atoms with E-state index in [1.54, 1.807) is 0 Å². The Bertz CT molecular complexity index is 719. The molecule has 2 atom stereocenters. The second-order valence-electron chi connectivity index (χ2n) is 5.59. The fourth-order valence-corrected chi connectivity index (χ4v) is 2.34. The fraction of sp³-hybridized carbons (Fsp3) is 0.222. The normalized spacial score (nSPS) is 12.8. The number of hydrogen-bond donors (Lipinski definition) is 5. The van der Waals surface area contributed by atoms with Gasteiger partial charge in [0.25, 0.3) is 5.91 Å². The molecular weight excluding hydrogens is 322 g/mol. The Balaban J connectivity index is 1.97. The Labute approximate surface area is 145 Å². The van der Waals surface area contributed by atoms with Crippen molar-refractivity contribution in [3.05, 3.63) is 60.2 Å². The number of urea groups is 1. The van der Waals surface area contributed by atoms with E-state index < -0.39 is 24.1 Å². The van der Waals surface area contributed by atoms with Crippen LogP contribution in [0, 0.1) is 0 Å². The van der Waals surface area contributed by atoms with Gasteiger partial charge in [0.15, 0.2) is 0 Å². The lowest BCUT2D eigenvalue weighted by atomic mass is 10.0. The molecule has 0 spiro atoms. The summed E-state index contributed by atoms with van der Waals surface area (Å²) in [5.41, 5.74) is 4.40. The molecular formula is C18H21N3O4. The average Bonchev–Trinajstić information content (AvgIpc) is 2.64. The monoisotopic (exact) mass is 343 g/mol. The molecule has 7 heteroatoms. The van der Waals surface area contributed by atoms with Crippen LogP contribution in [0.1, 0.15) is 12.5 Å². The van der Waals surface area contributed by atoms with Crippen LogP contribution < -0.4 is 16.1 Å². The molecule has 0 radical (unpaired) electrons. The maximum atomic E-state index is 11.9. The number of rotatable bonds is 6. The summed E-state index contributed by atoms with van der Waals surface area (Å²) >= 11 is 0. The number of carbonyl (C=O) groups is 2. The molecule has 0 aliphatic carbocycles. The van der Waals surface area contributed by atoms with E-state index in [9.17, 15) is 14.7 Å². The van der Waals surface area contributed by atoms with E-state index in [0.29, 0.717) is 0 Å². The lowest BCUT2D eigenvalue weighted by molar-refractivity contribution is -0.133. The summed E-state index contributed by atoms with van der Waals surface area (Å²) in [5, 5.41) is 23.1. The minimum Gasteiger partial charge on any atom is -0.391 e. The number of hydroxylamine groups is 1. The molecule has 3 amide bonds. The first-order chi connectivity index (χ1) is 12.0. The second-order valence-corrected chi connectivity index (χ2v) is 5.59. The first-order valence-electron chi connectivity index (χ1n) is 7.82. The number of aliphatic hydroxyl groups excluding tert-OH is 1. The van der Waals surface area contributed by atoms with Crippen LogP contribution in [0.5, 0.6) is 0 Å². The molecule has 0 saturated carbocycles. The highest BCUT2D eigenvalue weighted by molar-refractivity contribution is 5.86. The zero-order valence-electron chi connectivity index (χ0n) is 13.8. The quantitative estimate of drug-likeness (QED) is 0.403. The molecule has 0 aromatic heterocycles. The molecule has 7 nitrogen and oxygen atoms in total. The third kappa shape index (κ3) is 5.30.